The molecule has 0 fully saturated rings. The molecule has 0 spiro atoms. The van der Waals surface area contributed by atoms with Crippen LogP contribution in [0.3, 0.4) is 0 Å². The summed E-state index contributed by atoms with van der Waals surface area (Å²) in [6.45, 7) is 0.159. The van der Waals surface area contributed by atoms with Crippen LogP contribution >= 0.6 is 18.1 Å². The zero-order valence-corrected chi connectivity index (χ0v) is 13.8. The molecule has 0 aromatic heterocycles. The Labute approximate surface area is 108 Å². The van der Waals surface area contributed by atoms with Crippen molar-refractivity contribution in [1.82, 2.24) is 0 Å². The number of hydrogen-bond donors (Lipinski definition) is 0. The van der Waals surface area contributed by atoms with Crippen LogP contribution < -0.4 is 0 Å². The van der Waals surface area contributed by atoms with Gasteiger partial charge in [-0.05, 0) is 0 Å². The third-order valence-electron chi connectivity index (χ3n) is 2.01. The van der Waals surface area contributed by atoms with Crippen LogP contribution in [0.4, 0.5) is 30.7 Å². The van der Waals surface area contributed by atoms with E-state index < -0.39 is 49.1 Å². The quantitative estimate of drug-likeness (QED) is 0.281. The topological polar surface area (TPSA) is 0 Å². The molecule has 0 saturated heterocycles. The molecule has 0 heterocycles. The molecule has 0 aromatic rings. The summed E-state index contributed by atoms with van der Waals surface area (Å²) in [5, 5.41) is 0. The average Bonchev–Trinajstić information content (AvgIpc) is 1.99. The van der Waals surface area contributed by atoms with E-state index in [-0.39, 0.29) is 11.1 Å². The van der Waals surface area contributed by atoms with Gasteiger partial charge in [0.2, 0.25) is 0 Å². The zero-order valence-electron chi connectivity index (χ0n) is 8.02. The van der Waals surface area contributed by atoms with Gasteiger partial charge < -0.3 is 0 Å². The van der Waals surface area contributed by atoms with Crippen LogP contribution in [0.5, 0.6) is 0 Å². The molecule has 0 aliphatic heterocycles. The summed E-state index contributed by atoms with van der Waals surface area (Å²) in [6.07, 6.45) is -11.5. The Morgan fingerprint density at radius 2 is 1.50 bits per heavy atom. The number of alkyl halides is 7. The Morgan fingerprint density at radius 1 is 1.06 bits per heavy atom. The molecule has 0 bridgehead atoms. The van der Waals surface area contributed by atoms with Crippen molar-refractivity contribution in [3.8, 4) is 0 Å². The third-order valence-corrected chi connectivity index (χ3v) is 7.94. The van der Waals surface area contributed by atoms with Gasteiger partial charge in [0.15, 0.2) is 0 Å². The molecule has 0 amide bonds. The second kappa shape index (κ2) is 5.83. The van der Waals surface area contributed by atoms with E-state index in [0.717, 1.165) is 0 Å². The monoisotopic (exact) mass is 532 g/mol. The average molecular weight is 531 g/mol. The standard InChI is InChI=1S/C7H8F7.Hf.HI/c1-4(6(9,10)11)3-5(2,8)7(12,13)14;;/h4H,1,3H2,2H3;;1H/q;+1;/p-1. The van der Waals surface area contributed by atoms with Crippen molar-refractivity contribution >= 4 is 18.1 Å². The SMILES string of the molecule is CC(F)(CC([CH2][Hf][I])C(F)(F)F)C(F)(F)F. The number of halogens is 8. The van der Waals surface area contributed by atoms with E-state index in [4.69, 9.17) is 0 Å². The van der Waals surface area contributed by atoms with Crippen LogP contribution in [0, 0.1) is 5.92 Å². The summed E-state index contributed by atoms with van der Waals surface area (Å²) in [4.78, 5) is 0. The Kier molecular flexibility index (Phi) is 6.24. The van der Waals surface area contributed by atoms with Gasteiger partial charge in [-0.1, -0.05) is 0 Å². The van der Waals surface area contributed by atoms with E-state index in [1.807, 2.05) is 0 Å². The van der Waals surface area contributed by atoms with Crippen molar-refractivity contribution in [3.05, 3.63) is 0 Å². The Hall–Kier alpha value is 1.11. The van der Waals surface area contributed by atoms with Crippen LogP contribution in [0.2, 0.25) is 4.18 Å². The van der Waals surface area contributed by atoms with Gasteiger partial charge in [-0.2, -0.15) is 0 Å². The van der Waals surface area contributed by atoms with Crippen LogP contribution in [-0.2, 0) is 18.8 Å². The van der Waals surface area contributed by atoms with Gasteiger partial charge in [-0.25, -0.2) is 0 Å². The molecule has 0 aliphatic carbocycles. The third kappa shape index (κ3) is 5.18. The Morgan fingerprint density at radius 3 is 1.75 bits per heavy atom. The van der Waals surface area contributed by atoms with Crippen LogP contribution in [0.25, 0.3) is 0 Å². The number of rotatable bonds is 4. The molecule has 0 aromatic carbocycles. The zero-order chi connectivity index (χ0) is 13.2. The van der Waals surface area contributed by atoms with Crippen molar-refractivity contribution in [2.45, 2.75) is 35.5 Å². The van der Waals surface area contributed by atoms with E-state index in [2.05, 4.69) is 0 Å². The molecular weight excluding hydrogens is 522 g/mol. The van der Waals surface area contributed by atoms with Gasteiger partial charge in [0, 0.05) is 0 Å². The van der Waals surface area contributed by atoms with E-state index in [9.17, 15) is 30.7 Å². The maximum atomic E-state index is 13.1. The first-order chi connectivity index (χ1) is 6.92. The van der Waals surface area contributed by atoms with Gasteiger partial charge >= 0.3 is 109 Å². The number of hydrogen-bond acceptors (Lipinski definition) is 0. The summed E-state index contributed by atoms with van der Waals surface area (Å²) in [5.74, 6) is -2.18. The second-order valence-electron chi connectivity index (χ2n) is 3.48. The summed E-state index contributed by atoms with van der Waals surface area (Å²) in [6, 6.07) is 0. The van der Waals surface area contributed by atoms with Gasteiger partial charge in [0.05, 0.1) is 0 Å². The summed E-state index contributed by atoms with van der Waals surface area (Å²) in [5.41, 5.74) is -3.78. The molecule has 0 nitrogen and oxygen atoms in total. The molecule has 0 rings (SSSR count). The molecule has 0 aliphatic rings. The molecule has 2 unspecified atom stereocenters. The Bertz CT molecular complexity index is 222. The summed E-state index contributed by atoms with van der Waals surface area (Å²) >= 11 is 0.242. The van der Waals surface area contributed by atoms with Gasteiger partial charge in [0.25, 0.3) is 0 Å². The molecular formula is C7H8F7HfI. The van der Waals surface area contributed by atoms with Crippen LogP contribution in [-0.4, -0.2) is 18.0 Å². The van der Waals surface area contributed by atoms with Crippen molar-refractivity contribution in [2.75, 3.05) is 0 Å². The van der Waals surface area contributed by atoms with Crippen molar-refractivity contribution in [3.63, 3.8) is 0 Å². The van der Waals surface area contributed by atoms with Gasteiger partial charge in [-0.15, -0.1) is 0 Å². The molecule has 2 atom stereocenters. The minimum atomic E-state index is -5.25. The second-order valence-corrected chi connectivity index (χ2v) is 12.1. The minimum absolute atomic E-state index is 0.159. The Balaban J connectivity index is 4.76. The first kappa shape index (κ1) is 17.1. The normalized spacial score (nSPS) is 19.1. The molecule has 0 saturated carbocycles. The molecule has 16 heavy (non-hydrogen) atoms. The van der Waals surface area contributed by atoms with Crippen LogP contribution in [0.1, 0.15) is 13.3 Å². The molecule has 9 heteroatoms. The van der Waals surface area contributed by atoms with E-state index >= 15 is 0 Å². The predicted molar refractivity (Wildman–Crippen MR) is 48.6 cm³/mol. The summed E-state index contributed by atoms with van der Waals surface area (Å²) < 4.78 is 86.0. The predicted octanol–water partition coefficient (Wildman–Crippen LogP) is 4.70. The van der Waals surface area contributed by atoms with Crippen molar-refractivity contribution in [2.24, 2.45) is 5.92 Å². The first-order valence-electron chi connectivity index (χ1n) is 4.07. The van der Waals surface area contributed by atoms with E-state index in [1.54, 1.807) is 18.1 Å². The fourth-order valence-electron chi connectivity index (χ4n) is 0.975. The fraction of sp³-hybridized carbons (Fsp3) is 1.00. The molecule has 96 valence electrons. The van der Waals surface area contributed by atoms with Crippen molar-refractivity contribution in [1.29, 1.82) is 0 Å². The van der Waals surface area contributed by atoms with E-state index in [0.29, 0.717) is 0 Å². The van der Waals surface area contributed by atoms with Gasteiger partial charge in [0.1, 0.15) is 0 Å². The first-order valence-corrected chi connectivity index (χ1v) is 16.8. The molecule has 0 radical (unpaired) electrons. The summed E-state index contributed by atoms with van der Waals surface area (Å²) in [7, 11) is 0. The van der Waals surface area contributed by atoms with Gasteiger partial charge in [-0.3, -0.25) is 0 Å². The molecule has 0 N–H and O–H groups in total. The van der Waals surface area contributed by atoms with Crippen LogP contribution in [0.15, 0.2) is 0 Å². The van der Waals surface area contributed by atoms with E-state index in [1.165, 1.54) is 0 Å². The van der Waals surface area contributed by atoms with Crippen molar-refractivity contribution < 1.29 is 49.5 Å². The fourth-order valence-corrected chi connectivity index (χ4v) is 7.35. The maximum absolute atomic E-state index is 13.1.